The Morgan fingerprint density at radius 1 is 0.854 bits per heavy atom. The highest BCUT2D eigenvalue weighted by Crippen LogP contribution is 2.30. The number of hydrogen-bond donors (Lipinski definition) is 4. The molecule has 0 atom stereocenters. The summed E-state index contributed by atoms with van der Waals surface area (Å²) in [5.74, 6) is 0.0907. The van der Waals surface area contributed by atoms with Crippen molar-refractivity contribution in [2.45, 2.75) is 31.9 Å². The number of likely N-dealkylation sites (tertiary alicyclic amines) is 1. The first kappa shape index (κ1) is 29.7. The van der Waals surface area contributed by atoms with Crippen LogP contribution in [0, 0.1) is 0 Å². The molecule has 1 saturated heterocycles. The Labute approximate surface area is 237 Å². The van der Waals surface area contributed by atoms with Gasteiger partial charge >= 0.3 is 12.2 Å². The van der Waals surface area contributed by atoms with Gasteiger partial charge in [0.15, 0.2) is 0 Å². The van der Waals surface area contributed by atoms with E-state index in [9.17, 15) is 22.8 Å². The zero-order chi connectivity index (χ0) is 29.2. The molecule has 0 saturated carbocycles. The molecule has 41 heavy (non-hydrogen) atoms. The quantitative estimate of drug-likeness (QED) is 0.204. The second-order valence-corrected chi connectivity index (χ2v) is 9.79. The molecule has 1 aliphatic rings. The van der Waals surface area contributed by atoms with Crippen molar-refractivity contribution in [1.82, 2.24) is 10.2 Å². The van der Waals surface area contributed by atoms with Crippen molar-refractivity contribution < 1.29 is 27.5 Å². The lowest BCUT2D eigenvalue weighted by molar-refractivity contribution is -0.137. The minimum atomic E-state index is -4.40. The van der Waals surface area contributed by atoms with Crippen LogP contribution < -0.4 is 26.0 Å². The van der Waals surface area contributed by atoms with Crippen LogP contribution in [0.1, 0.15) is 41.6 Å². The zero-order valence-electron chi connectivity index (χ0n) is 22.8. The molecule has 3 aromatic carbocycles. The number of methoxy groups -OCH3 is 1. The van der Waals surface area contributed by atoms with E-state index in [2.05, 4.69) is 26.2 Å². The predicted octanol–water partition coefficient (Wildman–Crippen LogP) is 6.71. The van der Waals surface area contributed by atoms with Crippen LogP contribution in [0.4, 0.5) is 40.7 Å². The average Bonchev–Trinajstić information content (AvgIpc) is 2.95. The molecular weight excluding hydrogens is 535 g/mol. The first-order chi connectivity index (χ1) is 19.7. The molecule has 11 heteroatoms. The maximum Gasteiger partial charge on any atom is 0.416 e. The number of rotatable bonds is 10. The summed E-state index contributed by atoms with van der Waals surface area (Å²) in [4.78, 5) is 27.8. The van der Waals surface area contributed by atoms with E-state index in [1.54, 1.807) is 42.5 Å². The smallest absolute Gasteiger partial charge is 0.416 e. The largest absolute Gasteiger partial charge is 0.496 e. The molecule has 1 aliphatic heterocycles. The molecule has 0 spiro atoms. The molecule has 0 bridgehead atoms. The third-order valence-electron chi connectivity index (χ3n) is 6.71. The Kier molecular flexibility index (Phi) is 10.1. The fraction of sp³-hybridized carbons (Fsp3) is 0.333. The molecule has 0 unspecified atom stereocenters. The Morgan fingerprint density at radius 2 is 1.51 bits per heavy atom. The number of nitrogens with one attached hydrogen (secondary N) is 4. The molecule has 3 amide bonds. The normalized spacial score (nSPS) is 13.8. The van der Waals surface area contributed by atoms with Crippen molar-refractivity contribution in [3.8, 4) is 5.75 Å². The molecular formula is C30H34F3N5O3. The third-order valence-corrected chi connectivity index (χ3v) is 6.71. The third kappa shape index (κ3) is 8.87. The van der Waals surface area contributed by atoms with Crippen LogP contribution in [0.15, 0.2) is 66.7 Å². The SMILES string of the molecule is COc1cc(NC(=O)Nc2cccc(Nc3ccc(C(F)(F)F)cc3)c2)ccc1C(=O)NCCCN1CCCCC1. The van der Waals surface area contributed by atoms with Crippen molar-refractivity contribution in [2.75, 3.05) is 49.2 Å². The van der Waals surface area contributed by atoms with Crippen molar-refractivity contribution in [1.29, 1.82) is 0 Å². The summed E-state index contributed by atoms with van der Waals surface area (Å²) in [5.41, 5.74) is 1.59. The van der Waals surface area contributed by atoms with E-state index in [1.165, 1.54) is 38.5 Å². The van der Waals surface area contributed by atoms with Gasteiger partial charge in [-0.3, -0.25) is 4.79 Å². The molecule has 0 aromatic heterocycles. The number of anilines is 4. The fourth-order valence-electron chi connectivity index (χ4n) is 4.62. The van der Waals surface area contributed by atoms with Gasteiger partial charge < -0.3 is 30.9 Å². The van der Waals surface area contributed by atoms with Crippen LogP contribution >= 0.6 is 0 Å². The van der Waals surface area contributed by atoms with E-state index in [0.29, 0.717) is 40.6 Å². The van der Waals surface area contributed by atoms with E-state index in [-0.39, 0.29) is 5.91 Å². The number of carbonyl (C=O) groups is 2. The summed E-state index contributed by atoms with van der Waals surface area (Å²) in [6, 6.07) is 15.7. The predicted molar refractivity (Wildman–Crippen MR) is 154 cm³/mol. The highest BCUT2D eigenvalue weighted by Gasteiger charge is 2.29. The fourth-order valence-corrected chi connectivity index (χ4v) is 4.62. The number of halogens is 3. The Morgan fingerprint density at radius 3 is 2.20 bits per heavy atom. The minimum absolute atomic E-state index is 0.242. The maximum absolute atomic E-state index is 12.8. The van der Waals surface area contributed by atoms with Gasteiger partial charge in [-0.1, -0.05) is 12.5 Å². The van der Waals surface area contributed by atoms with E-state index >= 15 is 0 Å². The summed E-state index contributed by atoms with van der Waals surface area (Å²) < 4.78 is 43.8. The van der Waals surface area contributed by atoms with Gasteiger partial charge in [0.1, 0.15) is 5.75 Å². The number of hydrogen-bond acceptors (Lipinski definition) is 5. The van der Waals surface area contributed by atoms with E-state index in [1.807, 2.05) is 0 Å². The monoisotopic (exact) mass is 569 g/mol. The van der Waals surface area contributed by atoms with Crippen LogP contribution in [0.3, 0.4) is 0 Å². The number of ether oxygens (including phenoxy) is 1. The molecule has 0 aliphatic carbocycles. The Hall–Kier alpha value is -4.25. The Bertz CT molecular complexity index is 1330. The lowest BCUT2D eigenvalue weighted by atomic mass is 10.1. The highest BCUT2D eigenvalue weighted by atomic mass is 19.4. The molecule has 1 fully saturated rings. The molecule has 4 N–H and O–H groups in total. The zero-order valence-corrected chi connectivity index (χ0v) is 22.8. The second-order valence-electron chi connectivity index (χ2n) is 9.79. The van der Waals surface area contributed by atoms with Gasteiger partial charge in [-0.25, -0.2) is 4.79 Å². The van der Waals surface area contributed by atoms with Crippen molar-refractivity contribution in [3.63, 3.8) is 0 Å². The van der Waals surface area contributed by atoms with Gasteiger partial charge in [0.2, 0.25) is 0 Å². The summed E-state index contributed by atoms with van der Waals surface area (Å²) in [6.45, 7) is 3.76. The topological polar surface area (TPSA) is 94.7 Å². The molecule has 218 valence electrons. The van der Waals surface area contributed by atoms with Gasteiger partial charge in [0, 0.05) is 35.4 Å². The minimum Gasteiger partial charge on any atom is -0.496 e. The lowest BCUT2D eigenvalue weighted by Gasteiger charge is -2.26. The number of piperidine rings is 1. The van der Waals surface area contributed by atoms with E-state index < -0.39 is 17.8 Å². The number of carbonyl (C=O) groups excluding carboxylic acids is 2. The van der Waals surface area contributed by atoms with Gasteiger partial charge in [0.05, 0.1) is 18.2 Å². The molecule has 3 aromatic rings. The van der Waals surface area contributed by atoms with Crippen LogP contribution in [-0.4, -0.2) is 50.1 Å². The van der Waals surface area contributed by atoms with Crippen molar-refractivity contribution in [2.24, 2.45) is 0 Å². The standard InChI is InChI=1S/C30H34F3N5O3/c1-41-27-20-25(13-14-26(27)28(39)34-15-6-18-38-16-3-2-4-17-38)37-29(40)36-24-8-5-7-23(19-24)35-22-11-9-21(10-12-22)30(31,32)33/h5,7-14,19-20,35H,2-4,6,15-18H2,1H3,(H,34,39)(H2,36,37,40). The van der Waals surface area contributed by atoms with Crippen LogP contribution in [0.25, 0.3) is 0 Å². The van der Waals surface area contributed by atoms with Gasteiger partial charge in [0.25, 0.3) is 5.91 Å². The highest BCUT2D eigenvalue weighted by molar-refractivity contribution is 6.01. The van der Waals surface area contributed by atoms with Gasteiger partial charge in [-0.2, -0.15) is 13.2 Å². The van der Waals surface area contributed by atoms with E-state index in [0.717, 1.165) is 38.2 Å². The number of alkyl halides is 3. The van der Waals surface area contributed by atoms with Crippen LogP contribution in [0.5, 0.6) is 5.75 Å². The summed E-state index contributed by atoms with van der Waals surface area (Å²) in [7, 11) is 1.46. The number of benzene rings is 3. The van der Waals surface area contributed by atoms with E-state index in [4.69, 9.17) is 4.74 Å². The van der Waals surface area contributed by atoms with Crippen molar-refractivity contribution >= 4 is 34.7 Å². The Balaban J connectivity index is 1.29. The van der Waals surface area contributed by atoms with Gasteiger partial charge in [-0.05, 0) is 93.5 Å². The maximum atomic E-state index is 12.8. The molecule has 0 radical (unpaired) electrons. The first-order valence-electron chi connectivity index (χ1n) is 13.5. The number of nitrogens with zero attached hydrogens (tertiary/aromatic N) is 1. The van der Waals surface area contributed by atoms with Crippen LogP contribution in [-0.2, 0) is 6.18 Å². The lowest BCUT2D eigenvalue weighted by Crippen LogP contribution is -2.33. The second kappa shape index (κ2) is 13.9. The van der Waals surface area contributed by atoms with Crippen molar-refractivity contribution in [3.05, 3.63) is 77.9 Å². The average molecular weight is 570 g/mol. The summed E-state index contributed by atoms with van der Waals surface area (Å²) in [6.07, 6.45) is 0.224. The number of urea groups is 1. The molecule has 4 rings (SSSR count). The first-order valence-corrected chi connectivity index (χ1v) is 13.5. The molecule has 8 nitrogen and oxygen atoms in total. The summed E-state index contributed by atoms with van der Waals surface area (Å²) >= 11 is 0. The summed E-state index contributed by atoms with van der Waals surface area (Å²) in [5, 5.41) is 11.4. The number of amides is 3. The molecule has 1 heterocycles. The van der Waals surface area contributed by atoms with Crippen LogP contribution in [0.2, 0.25) is 0 Å². The van der Waals surface area contributed by atoms with Gasteiger partial charge in [-0.15, -0.1) is 0 Å².